The molecule has 0 unspecified atom stereocenters. The Morgan fingerprint density at radius 2 is 1.77 bits per heavy atom. The molecule has 3 heterocycles. The van der Waals surface area contributed by atoms with E-state index < -0.39 is 0 Å². The lowest BCUT2D eigenvalue weighted by Gasteiger charge is -2.27. The van der Waals surface area contributed by atoms with Crippen LogP contribution in [0.3, 0.4) is 0 Å². The SMILES string of the molecule is O=C(/C=C/c1cn(-c2ccccc2)nc1-c1cccs1)N1CCc2ccccc2C1. The van der Waals surface area contributed by atoms with Gasteiger partial charge in [-0.25, -0.2) is 4.68 Å². The molecule has 0 atom stereocenters. The first-order chi connectivity index (χ1) is 14.8. The molecule has 0 N–H and O–H groups in total. The molecule has 0 radical (unpaired) electrons. The standard InChI is InChI=1S/C25H21N3OS/c29-24(27-15-14-19-7-4-5-8-20(19)17-27)13-12-21-18-28(22-9-2-1-3-10-22)26-25(21)23-11-6-16-30-23/h1-13,16,18H,14-15,17H2/b13-12+. The summed E-state index contributed by atoms with van der Waals surface area (Å²) in [5.41, 5.74) is 5.40. The highest BCUT2D eigenvalue weighted by atomic mass is 32.1. The quantitative estimate of drug-likeness (QED) is 0.433. The molecular weight excluding hydrogens is 390 g/mol. The average Bonchev–Trinajstić information content (AvgIpc) is 3.47. The Balaban J connectivity index is 1.42. The van der Waals surface area contributed by atoms with E-state index >= 15 is 0 Å². The van der Waals surface area contributed by atoms with Crippen molar-refractivity contribution in [1.82, 2.24) is 14.7 Å². The maximum absolute atomic E-state index is 12.9. The van der Waals surface area contributed by atoms with E-state index in [0.717, 1.165) is 34.8 Å². The summed E-state index contributed by atoms with van der Waals surface area (Å²) >= 11 is 1.65. The Morgan fingerprint density at radius 1 is 0.967 bits per heavy atom. The fraction of sp³-hybridized carbons (Fsp3) is 0.120. The van der Waals surface area contributed by atoms with Gasteiger partial charge in [-0.1, -0.05) is 48.5 Å². The van der Waals surface area contributed by atoms with Crippen molar-refractivity contribution in [1.29, 1.82) is 0 Å². The number of thiophene rings is 1. The number of nitrogens with zero attached hydrogens (tertiary/aromatic N) is 3. The van der Waals surface area contributed by atoms with Gasteiger partial charge >= 0.3 is 0 Å². The zero-order valence-corrected chi connectivity index (χ0v) is 17.3. The minimum Gasteiger partial charge on any atom is -0.334 e. The van der Waals surface area contributed by atoms with E-state index in [4.69, 9.17) is 5.10 Å². The number of hydrogen-bond donors (Lipinski definition) is 0. The first-order valence-electron chi connectivity index (χ1n) is 10.0. The van der Waals surface area contributed by atoms with Crippen molar-refractivity contribution in [3.63, 3.8) is 0 Å². The highest BCUT2D eigenvalue weighted by Gasteiger charge is 2.19. The van der Waals surface area contributed by atoms with Crippen LogP contribution in [0.1, 0.15) is 16.7 Å². The van der Waals surface area contributed by atoms with Crippen LogP contribution in [0.5, 0.6) is 0 Å². The molecule has 0 bridgehead atoms. The molecule has 148 valence electrons. The molecule has 4 nitrogen and oxygen atoms in total. The predicted octanol–water partition coefficient (Wildman–Crippen LogP) is 5.20. The lowest BCUT2D eigenvalue weighted by Crippen LogP contribution is -2.34. The van der Waals surface area contributed by atoms with Crippen LogP contribution in [-0.4, -0.2) is 27.1 Å². The lowest BCUT2D eigenvalue weighted by atomic mass is 10.00. The summed E-state index contributed by atoms with van der Waals surface area (Å²) in [4.78, 5) is 15.9. The first kappa shape index (κ1) is 18.6. The van der Waals surface area contributed by atoms with Gasteiger partial charge in [-0.15, -0.1) is 11.3 Å². The molecule has 0 fully saturated rings. The molecule has 2 aromatic heterocycles. The molecule has 2 aromatic carbocycles. The first-order valence-corrected chi connectivity index (χ1v) is 10.9. The average molecular weight is 412 g/mol. The number of amides is 1. The van der Waals surface area contributed by atoms with Gasteiger partial charge in [0.05, 0.1) is 10.6 Å². The van der Waals surface area contributed by atoms with Crippen LogP contribution in [0.25, 0.3) is 22.3 Å². The fourth-order valence-corrected chi connectivity index (χ4v) is 4.51. The number of carbonyl (C=O) groups is 1. The Labute approximate surface area is 179 Å². The summed E-state index contributed by atoms with van der Waals surface area (Å²) in [6.45, 7) is 1.42. The van der Waals surface area contributed by atoms with Crippen molar-refractivity contribution in [3.8, 4) is 16.3 Å². The van der Waals surface area contributed by atoms with Gasteiger partial charge in [-0.05, 0) is 47.2 Å². The molecule has 0 spiro atoms. The van der Waals surface area contributed by atoms with Crippen LogP contribution < -0.4 is 0 Å². The Hall–Kier alpha value is -3.44. The molecule has 1 amide bonds. The molecule has 0 saturated heterocycles. The van der Waals surface area contributed by atoms with Gasteiger partial charge in [-0.3, -0.25) is 4.79 Å². The largest absolute Gasteiger partial charge is 0.334 e. The summed E-state index contributed by atoms with van der Waals surface area (Å²) in [7, 11) is 0. The minimum absolute atomic E-state index is 0.0362. The molecule has 5 heteroatoms. The van der Waals surface area contributed by atoms with Crippen molar-refractivity contribution in [2.75, 3.05) is 6.54 Å². The van der Waals surface area contributed by atoms with Gasteiger partial charge in [-0.2, -0.15) is 5.10 Å². The number of aromatic nitrogens is 2. The van der Waals surface area contributed by atoms with Crippen molar-refractivity contribution in [2.24, 2.45) is 0 Å². The van der Waals surface area contributed by atoms with Crippen LogP contribution >= 0.6 is 11.3 Å². The second-order valence-corrected chi connectivity index (χ2v) is 8.25. The zero-order chi connectivity index (χ0) is 20.3. The molecule has 1 aliphatic rings. The molecule has 0 aliphatic carbocycles. The van der Waals surface area contributed by atoms with Crippen LogP contribution in [0.4, 0.5) is 0 Å². The van der Waals surface area contributed by atoms with E-state index in [-0.39, 0.29) is 5.91 Å². The summed E-state index contributed by atoms with van der Waals surface area (Å²) in [5.74, 6) is 0.0362. The minimum atomic E-state index is 0.0362. The number of para-hydroxylation sites is 1. The van der Waals surface area contributed by atoms with E-state index in [9.17, 15) is 4.79 Å². The van der Waals surface area contributed by atoms with Crippen molar-refractivity contribution in [2.45, 2.75) is 13.0 Å². The van der Waals surface area contributed by atoms with Gasteiger partial charge in [0.25, 0.3) is 0 Å². The normalized spacial score (nSPS) is 13.5. The Bertz CT molecular complexity index is 1190. The van der Waals surface area contributed by atoms with Crippen LogP contribution in [-0.2, 0) is 17.8 Å². The van der Waals surface area contributed by atoms with E-state index in [0.29, 0.717) is 6.54 Å². The number of fused-ring (bicyclic) bond motifs is 1. The van der Waals surface area contributed by atoms with Gasteiger partial charge < -0.3 is 4.90 Å². The van der Waals surface area contributed by atoms with E-state index in [2.05, 4.69) is 24.3 Å². The smallest absolute Gasteiger partial charge is 0.246 e. The van der Waals surface area contributed by atoms with Gasteiger partial charge in [0, 0.05) is 30.9 Å². The van der Waals surface area contributed by atoms with E-state index in [1.54, 1.807) is 17.4 Å². The molecule has 5 rings (SSSR count). The second-order valence-electron chi connectivity index (χ2n) is 7.30. The summed E-state index contributed by atoms with van der Waals surface area (Å²) in [5, 5.41) is 6.84. The highest BCUT2D eigenvalue weighted by Crippen LogP contribution is 2.29. The van der Waals surface area contributed by atoms with Crippen LogP contribution in [0.2, 0.25) is 0 Å². The van der Waals surface area contributed by atoms with Crippen molar-refractivity contribution in [3.05, 3.63) is 101 Å². The molecule has 1 aliphatic heterocycles. The molecule has 30 heavy (non-hydrogen) atoms. The third-order valence-electron chi connectivity index (χ3n) is 5.37. The summed E-state index contributed by atoms with van der Waals surface area (Å²) in [6.07, 6.45) is 6.46. The number of benzene rings is 2. The topological polar surface area (TPSA) is 38.1 Å². The molecular formula is C25H21N3OS. The van der Waals surface area contributed by atoms with Crippen molar-refractivity contribution < 1.29 is 4.79 Å². The maximum atomic E-state index is 12.9. The Kier molecular flexibility index (Phi) is 5.03. The van der Waals surface area contributed by atoms with Gasteiger partial charge in [0.2, 0.25) is 5.91 Å². The Morgan fingerprint density at radius 3 is 2.57 bits per heavy atom. The van der Waals surface area contributed by atoms with Crippen molar-refractivity contribution >= 4 is 23.3 Å². The zero-order valence-electron chi connectivity index (χ0n) is 16.4. The number of hydrogen-bond acceptors (Lipinski definition) is 3. The van der Waals surface area contributed by atoms with Gasteiger partial charge in [0.15, 0.2) is 0 Å². The molecule has 0 saturated carbocycles. The van der Waals surface area contributed by atoms with Crippen LogP contribution in [0, 0.1) is 0 Å². The second kappa shape index (κ2) is 8.13. The summed E-state index contributed by atoms with van der Waals surface area (Å²) in [6, 6.07) is 22.5. The molecule has 4 aromatic rings. The van der Waals surface area contributed by atoms with Crippen LogP contribution in [0.15, 0.2) is 84.4 Å². The lowest BCUT2D eigenvalue weighted by molar-refractivity contribution is -0.126. The fourth-order valence-electron chi connectivity index (χ4n) is 3.78. The monoisotopic (exact) mass is 411 g/mol. The highest BCUT2D eigenvalue weighted by molar-refractivity contribution is 7.13. The third-order valence-corrected chi connectivity index (χ3v) is 6.24. The van der Waals surface area contributed by atoms with E-state index in [1.165, 1.54) is 11.1 Å². The third kappa shape index (κ3) is 3.72. The number of rotatable bonds is 4. The summed E-state index contributed by atoms with van der Waals surface area (Å²) < 4.78 is 1.87. The number of carbonyl (C=O) groups excluding carboxylic acids is 1. The van der Waals surface area contributed by atoms with E-state index in [1.807, 2.05) is 69.7 Å². The predicted molar refractivity (Wildman–Crippen MR) is 121 cm³/mol. The van der Waals surface area contributed by atoms with Gasteiger partial charge in [0.1, 0.15) is 5.69 Å². The maximum Gasteiger partial charge on any atom is 0.246 e.